The van der Waals surface area contributed by atoms with Gasteiger partial charge in [-0.3, -0.25) is 4.79 Å². The largest absolute Gasteiger partial charge is 0.453 e. The molecule has 0 bridgehead atoms. The summed E-state index contributed by atoms with van der Waals surface area (Å²) in [7, 11) is -2.31. The SMILES string of the molecule is COC(=O)N[C@H](C(=O)Nc1cccc(F)c1CC[C@H]1CNC[C@H](C)N1S(C)(=O)=O)C(c1ccc(F)cc1)C1CCOCC1. The van der Waals surface area contributed by atoms with Gasteiger partial charge in [0.05, 0.1) is 13.4 Å². The fourth-order valence-electron chi connectivity index (χ4n) is 6.28. The van der Waals surface area contributed by atoms with E-state index in [2.05, 4.69) is 16.0 Å². The molecular formula is C30H40F2N4O6S. The van der Waals surface area contributed by atoms with Gasteiger partial charge in [0.25, 0.3) is 0 Å². The van der Waals surface area contributed by atoms with Gasteiger partial charge in [-0.15, -0.1) is 0 Å². The number of carbonyl (C=O) groups is 2. The third-order valence-corrected chi connectivity index (χ3v) is 9.65. The van der Waals surface area contributed by atoms with Gasteiger partial charge in [0, 0.05) is 55.6 Å². The van der Waals surface area contributed by atoms with Gasteiger partial charge in [-0.25, -0.2) is 22.0 Å². The molecule has 0 spiro atoms. The molecule has 10 nitrogen and oxygen atoms in total. The Hall–Kier alpha value is -3.13. The quantitative estimate of drug-likeness (QED) is 0.371. The first-order valence-corrected chi connectivity index (χ1v) is 16.3. The van der Waals surface area contributed by atoms with Gasteiger partial charge in [0.15, 0.2) is 0 Å². The normalized spacial score (nSPS) is 21.5. The molecule has 2 heterocycles. The van der Waals surface area contributed by atoms with Gasteiger partial charge in [0.1, 0.15) is 17.7 Å². The Bertz CT molecular complexity index is 1370. The minimum Gasteiger partial charge on any atom is -0.453 e. The predicted octanol–water partition coefficient (Wildman–Crippen LogP) is 3.39. The molecule has 0 aliphatic carbocycles. The number of benzene rings is 2. The van der Waals surface area contributed by atoms with Crippen LogP contribution in [0, 0.1) is 17.6 Å². The summed E-state index contributed by atoms with van der Waals surface area (Å²) in [5.41, 5.74) is 1.10. The molecule has 2 aliphatic heterocycles. The summed E-state index contributed by atoms with van der Waals surface area (Å²) in [6.07, 6.45) is 2.05. The Balaban J connectivity index is 1.63. The molecule has 2 aliphatic rings. The molecule has 0 aromatic heterocycles. The van der Waals surface area contributed by atoms with Crippen LogP contribution in [0.3, 0.4) is 0 Å². The lowest BCUT2D eigenvalue weighted by Gasteiger charge is -2.39. The van der Waals surface area contributed by atoms with Crippen LogP contribution < -0.4 is 16.0 Å². The van der Waals surface area contributed by atoms with Crippen molar-refractivity contribution in [3.63, 3.8) is 0 Å². The number of ether oxygens (including phenoxy) is 2. The van der Waals surface area contributed by atoms with Crippen LogP contribution in [0.15, 0.2) is 42.5 Å². The molecule has 43 heavy (non-hydrogen) atoms. The van der Waals surface area contributed by atoms with E-state index in [1.807, 2.05) is 6.92 Å². The second-order valence-corrected chi connectivity index (χ2v) is 13.1. The molecule has 0 saturated carbocycles. The maximum absolute atomic E-state index is 15.2. The first-order valence-electron chi connectivity index (χ1n) is 14.4. The zero-order valence-corrected chi connectivity index (χ0v) is 25.5. The third-order valence-electron chi connectivity index (χ3n) is 8.23. The number of alkyl carbamates (subject to hydrolysis) is 1. The Labute approximate surface area is 251 Å². The second kappa shape index (κ2) is 14.6. The smallest absolute Gasteiger partial charge is 0.407 e. The zero-order valence-electron chi connectivity index (χ0n) is 24.6. The topological polar surface area (TPSA) is 126 Å². The van der Waals surface area contributed by atoms with E-state index >= 15 is 4.39 Å². The number of hydrogen-bond donors (Lipinski definition) is 3. The summed E-state index contributed by atoms with van der Waals surface area (Å²) in [6, 6.07) is 8.34. The molecule has 2 fully saturated rings. The van der Waals surface area contributed by atoms with Crippen LogP contribution >= 0.6 is 0 Å². The van der Waals surface area contributed by atoms with Crippen molar-refractivity contribution in [1.82, 2.24) is 14.9 Å². The highest BCUT2D eigenvalue weighted by Crippen LogP contribution is 2.36. The van der Waals surface area contributed by atoms with Gasteiger partial charge in [-0.05, 0) is 68.4 Å². The number of rotatable bonds is 10. The molecule has 0 radical (unpaired) electrons. The lowest BCUT2D eigenvalue weighted by Crippen LogP contribution is -2.58. The number of hydrogen-bond acceptors (Lipinski definition) is 7. The van der Waals surface area contributed by atoms with E-state index in [0.29, 0.717) is 51.1 Å². The van der Waals surface area contributed by atoms with Crippen LogP contribution in [-0.4, -0.2) is 82.5 Å². The van der Waals surface area contributed by atoms with Crippen molar-refractivity contribution in [1.29, 1.82) is 0 Å². The van der Waals surface area contributed by atoms with Crippen molar-refractivity contribution in [2.75, 3.05) is 45.0 Å². The van der Waals surface area contributed by atoms with E-state index in [1.165, 1.54) is 41.9 Å². The molecule has 13 heteroatoms. The molecule has 2 saturated heterocycles. The summed E-state index contributed by atoms with van der Waals surface area (Å²) in [6.45, 7) is 3.70. The van der Waals surface area contributed by atoms with Gasteiger partial charge < -0.3 is 25.4 Å². The Morgan fingerprint density at radius 1 is 1.12 bits per heavy atom. The summed E-state index contributed by atoms with van der Waals surface area (Å²) in [5, 5.41) is 8.71. The number of nitrogens with zero attached hydrogens (tertiary/aromatic N) is 1. The molecule has 1 unspecified atom stereocenters. The number of halogens is 2. The first-order chi connectivity index (χ1) is 20.5. The highest BCUT2D eigenvalue weighted by Gasteiger charge is 2.38. The lowest BCUT2D eigenvalue weighted by atomic mass is 9.76. The average molecular weight is 623 g/mol. The van der Waals surface area contributed by atoms with Crippen molar-refractivity contribution in [3.05, 3.63) is 65.2 Å². The van der Waals surface area contributed by atoms with Crippen LogP contribution in [-0.2, 0) is 30.7 Å². The number of anilines is 1. The summed E-state index contributed by atoms with van der Waals surface area (Å²) in [5.74, 6) is -2.21. The van der Waals surface area contributed by atoms with Gasteiger partial charge in [0.2, 0.25) is 15.9 Å². The number of carbonyl (C=O) groups excluding carboxylic acids is 2. The minimum atomic E-state index is -3.50. The van der Waals surface area contributed by atoms with Crippen LogP contribution in [0.4, 0.5) is 19.3 Å². The number of sulfonamides is 1. The monoisotopic (exact) mass is 622 g/mol. The van der Waals surface area contributed by atoms with Crippen LogP contribution in [0.1, 0.15) is 43.2 Å². The van der Waals surface area contributed by atoms with Gasteiger partial charge >= 0.3 is 6.09 Å². The summed E-state index contributed by atoms with van der Waals surface area (Å²) < 4.78 is 65.9. The van der Waals surface area contributed by atoms with Crippen molar-refractivity contribution >= 4 is 27.7 Å². The van der Waals surface area contributed by atoms with E-state index in [1.54, 1.807) is 18.2 Å². The van der Waals surface area contributed by atoms with Crippen molar-refractivity contribution in [2.24, 2.45) is 5.92 Å². The molecule has 236 valence electrons. The highest BCUT2D eigenvalue weighted by atomic mass is 32.2. The first kappa shape index (κ1) is 32.8. The fraction of sp³-hybridized carbons (Fsp3) is 0.533. The van der Waals surface area contributed by atoms with Crippen LogP contribution in [0.5, 0.6) is 0 Å². The average Bonchev–Trinajstić information content (AvgIpc) is 2.97. The molecule has 2 aromatic carbocycles. The lowest BCUT2D eigenvalue weighted by molar-refractivity contribution is -0.119. The molecule has 2 amide bonds. The Morgan fingerprint density at radius 3 is 2.47 bits per heavy atom. The highest BCUT2D eigenvalue weighted by molar-refractivity contribution is 7.88. The fourth-order valence-corrected chi connectivity index (χ4v) is 7.73. The number of nitrogens with one attached hydrogen (secondary N) is 3. The van der Waals surface area contributed by atoms with E-state index in [4.69, 9.17) is 9.47 Å². The Kier molecular flexibility index (Phi) is 11.1. The van der Waals surface area contributed by atoms with Crippen molar-refractivity contribution in [2.45, 2.75) is 56.7 Å². The third kappa shape index (κ3) is 8.28. The number of amides is 2. The van der Waals surface area contributed by atoms with E-state index in [9.17, 15) is 22.4 Å². The molecule has 3 N–H and O–H groups in total. The minimum absolute atomic E-state index is 0.0816. The van der Waals surface area contributed by atoms with E-state index in [-0.39, 0.29) is 29.6 Å². The number of methoxy groups -OCH3 is 1. The maximum Gasteiger partial charge on any atom is 0.407 e. The molecule has 4 rings (SSSR count). The van der Waals surface area contributed by atoms with Gasteiger partial charge in [-0.1, -0.05) is 18.2 Å². The summed E-state index contributed by atoms with van der Waals surface area (Å²) in [4.78, 5) is 26.4. The molecule has 4 atom stereocenters. The Morgan fingerprint density at radius 2 is 1.81 bits per heavy atom. The maximum atomic E-state index is 15.2. The predicted molar refractivity (Wildman–Crippen MR) is 158 cm³/mol. The number of piperazine rings is 1. The summed E-state index contributed by atoms with van der Waals surface area (Å²) >= 11 is 0. The van der Waals surface area contributed by atoms with Crippen molar-refractivity contribution < 1.29 is 36.3 Å². The van der Waals surface area contributed by atoms with Crippen molar-refractivity contribution in [3.8, 4) is 0 Å². The van der Waals surface area contributed by atoms with Gasteiger partial charge in [-0.2, -0.15) is 4.31 Å². The molecule has 2 aromatic rings. The van der Waals surface area contributed by atoms with E-state index in [0.717, 1.165) is 0 Å². The molecular weight excluding hydrogens is 582 g/mol. The zero-order chi connectivity index (χ0) is 31.1. The van der Waals surface area contributed by atoms with E-state index < -0.39 is 51.7 Å². The standard InChI is InChI=1S/C30H40F2N4O6S/c1-19-17-33-18-23(36(19)43(3,39)40)11-12-24-25(32)5-4-6-26(24)34-29(37)28(35-30(38)41-2)27(21-13-15-42-16-14-21)20-7-9-22(31)10-8-20/h4-10,19,21,23,27-28,33H,11-18H2,1-3H3,(H,34,37)(H,35,38)/t19-,23-,27?,28-/m0/s1. The second-order valence-electron chi connectivity index (χ2n) is 11.2. The van der Waals surface area contributed by atoms with Crippen LogP contribution in [0.25, 0.3) is 0 Å². The van der Waals surface area contributed by atoms with Crippen LogP contribution in [0.2, 0.25) is 0 Å².